The average molecular weight is 407 g/mol. The van der Waals surface area contributed by atoms with Crippen molar-refractivity contribution in [2.75, 3.05) is 32.0 Å². The third-order valence-electron chi connectivity index (χ3n) is 5.55. The zero-order chi connectivity index (χ0) is 19.9. The molecule has 2 aromatic heterocycles. The van der Waals surface area contributed by atoms with Crippen LogP contribution in [0, 0.1) is 13.8 Å². The topological polar surface area (TPSA) is 113 Å². The summed E-state index contributed by atoms with van der Waals surface area (Å²) in [5.74, 6) is 2.25. The SMILES string of the molecule is CNc1nc(C2CCNCC2)nc2c1CN(S(=O)(=O)c1c(C)noc1C)CC2. The molecular weight excluding hydrogens is 380 g/mol. The summed E-state index contributed by atoms with van der Waals surface area (Å²) in [4.78, 5) is 9.73. The fraction of sp³-hybridized carbons (Fsp3) is 0.611. The first kappa shape index (κ1) is 19.3. The molecule has 0 radical (unpaired) electrons. The first-order valence-corrected chi connectivity index (χ1v) is 11.1. The normalized spacial score (nSPS) is 18.8. The summed E-state index contributed by atoms with van der Waals surface area (Å²) >= 11 is 0. The lowest BCUT2D eigenvalue weighted by Crippen LogP contribution is -2.37. The molecule has 152 valence electrons. The van der Waals surface area contributed by atoms with E-state index < -0.39 is 10.0 Å². The zero-order valence-corrected chi connectivity index (χ0v) is 17.3. The molecule has 0 amide bonds. The van der Waals surface area contributed by atoms with Crippen LogP contribution in [0.3, 0.4) is 0 Å². The number of nitrogens with zero attached hydrogens (tertiary/aromatic N) is 4. The Kier molecular flexibility index (Phi) is 5.11. The monoisotopic (exact) mass is 406 g/mol. The number of sulfonamides is 1. The Morgan fingerprint density at radius 2 is 1.96 bits per heavy atom. The maximum atomic E-state index is 13.2. The van der Waals surface area contributed by atoms with Gasteiger partial charge in [0.2, 0.25) is 10.0 Å². The molecule has 9 nitrogen and oxygen atoms in total. The summed E-state index contributed by atoms with van der Waals surface area (Å²) < 4.78 is 32.9. The molecule has 2 aliphatic heterocycles. The van der Waals surface area contributed by atoms with Gasteiger partial charge in [-0.3, -0.25) is 0 Å². The van der Waals surface area contributed by atoms with E-state index in [0.29, 0.717) is 30.3 Å². The van der Waals surface area contributed by atoms with Gasteiger partial charge in [-0.15, -0.1) is 0 Å². The second-order valence-electron chi connectivity index (χ2n) is 7.37. The van der Waals surface area contributed by atoms with Crippen molar-refractivity contribution < 1.29 is 12.9 Å². The van der Waals surface area contributed by atoms with E-state index in [2.05, 4.69) is 15.8 Å². The molecule has 4 heterocycles. The minimum atomic E-state index is -3.69. The lowest BCUT2D eigenvalue weighted by atomic mass is 9.96. The highest BCUT2D eigenvalue weighted by atomic mass is 32.2. The number of anilines is 1. The second-order valence-corrected chi connectivity index (χ2v) is 9.25. The first-order chi connectivity index (χ1) is 13.4. The number of aromatic nitrogens is 3. The van der Waals surface area contributed by atoms with Crippen LogP contribution in [0.2, 0.25) is 0 Å². The fourth-order valence-corrected chi connectivity index (χ4v) is 5.76. The van der Waals surface area contributed by atoms with Gasteiger partial charge >= 0.3 is 0 Å². The Balaban J connectivity index is 1.67. The molecule has 10 heteroatoms. The number of fused-ring (bicyclic) bond motifs is 1. The predicted octanol–water partition coefficient (Wildman–Crippen LogP) is 1.34. The Hall–Kier alpha value is -2.04. The van der Waals surface area contributed by atoms with Crippen LogP contribution in [-0.4, -0.2) is 54.5 Å². The van der Waals surface area contributed by atoms with Crippen molar-refractivity contribution in [2.24, 2.45) is 0 Å². The smallest absolute Gasteiger partial charge is 0.248 e. The minimum Gasteiger partial charge on any atom is -0.373 e. The molecule has 0 aliphatic carbocycles. The van der Waals surface area contributed by atoms with Crippen molar-refractivity contribution >= 4 is 15.8 Å². The van der Waals surface area contributed by atoms with Gasteiger partial charge in [-0.05, 0) is 39.8 Å². The molecule has 0 aromatic carbocycles. The van der Waals surface area contributed by atoms with Crippen LogP contribution in [0.4, 0.5) is 5.82 Å². The summed E-state index contributed by atoms with van der Waals surface area (Å²) in [5, 5.41) is 10.3. The van der Waals surface area contributed by atoms with Crippen LogP contribution in [0.25, 0.3) is 0 Å². The number of piperidine rings is 1. The van der Waals surface area contributed by atoms with Gasteiger partial charge in [-0.2, -0.15) is 4.31 Å². The van der Waals surface area contributed by atoms with Crippen molar-refractivity contribution in [3.05, 3.63) is 28.5 Å². The van der Waals surface area contributed by atoms with Crippen LogP contribution in [-0.2, 0) is 23.0 Å². The summed E-state index contributed by atoms with van der Waals surface area (Å²) in [6, 6.07) is 0. The number of hydrogen-bond acceptors (Lipinski definition) is 8. The molecule has 4 rings (SSSR count). The van der Waals surface area contributed by atoms with Crippen LogP contribution < -0.4 is 10.6 Å². The lowest BCUT2D eigenvalue weighted by Gasteiger charge is -2.30. The van der Waals surface area contributed by atoms with Gasteiger partial charge in [0.15, 0.2) is 5.76 Å². The van der Waals surface area contributed by atoms with E-state index in [9.17, 15) is 8.42 Å². The molecule has 0 saturated carbocycles. The summed E-state index contributed by atoms with van der Waals surface area (Å²) in [7, 11) is -1.88. The maximum Gasteiger partial charge on any atom is 0.248 e. The minimum absolute atomic E-state index is 0.161. The summed E-state index contributed by atoms with van der Waals surface area (Å²) in [6.45, 7) is 5.84. The molecule has 0 unspecified atom stereocenters. The van der Waals surface area contributed by atoms with E-state index >= 15 is 0 Å². The van der Waals surface area contributed by atoms with Crippen LogP contribution in [0.5, 0.6) is 0 Å². The van der Waals surface area contributed by atoms with Gasteiger partial charge in [-0.25, -0.2) is 18.4 Å². The van der Waals surface area contributed by atoms with Crippen molar-refractivity contribution in [2.45, 2.75) is 50.5 Å². The van der Waals surface area contributed by atoms with Gasteiger partial charge < -0.3 is 15.2 Å². The molecule has 0 spiro atoms. The predicted molar refractivity (Wildman–Crippen MR) is 104 cm³/mol. The quantitative estimate of drug-likeness (QED) is 0.782. The molecule has 1 saturated heterocycles. The molecule has 2 aromatic rings. The van der Waals surface area contributed by atoms with E-state index in [1.807, 2.05) is 7.05 Å². The standard InChI is InChI=1S/C18H26N6O3S/c1-11-16(12(2)27-23-11)28(25,26)24-9-6-15-14(10-24)18(19-3)22-17(21-15)13-4-7-20-8-5-13/h13,20H,4-10H2,1-3H3,(H,19,21,22). The van der Waals surface area contributed by atoms with Gasteiger partial charge in [0, 0.05) is 38.0 Å². The molecule has 2 N–H and O–H groups in total. The van der Waals surface area contributed by atoms with Crippen LogP contribution in [0.1, 0.15) is 47.3 Å². The Labute approximate surface area is 165 Å². The number of hydrogen-bond donors (Lipinski definition) is 2. The third kappa shape index (κ3) is 3.29. The summed E-state index contributed by atoms with van der Waals surface area (Å²) in [5.41, 5.74) is 2.18. The van der Waals surface area contributed by atoms with E-state index in [1.165, 1.54) is 4.31 Å². The van der Waals surface area contributed by atoms with Crippen molar-refractivity contribution in [3.63, 3.8) is 0 Å². The van der Waals surface area contributed by atoms with Gasteiger partial charge in [0.05, 0.1) is 5.69 Å². The molecular formula is C18H26N6O3S. The highest BCUT2D eigenvalue weighted by molar-refractivity contribution is 7.89. The number of aryl methyl sites for hydroxylation is 2. The van der Waals surface area contributed by atoms with E-state index in [-0.39, 0.29) is 11.4 Å². The summed E-state index contributed by atoms with van der Waals surface area (Å²) in [6.07, 6.45) is 2.61. The fourth-order valence-electron chi connectivity index (χ4n) is 4.06. The second kappa shape index (κ2) is 7.41. The average Bonchev–Trinajstić information content (AvgIpc) is 3.06. The van der Waals surface area contributed by atoms with Crippen molar-refractivity contribution in [1.29, 1.82) is 0 Å². The lowest BCUT2D eigenvalue weighted by molar-refractivity contribution is 0.378. The Morgan fingerprint density at radius 3 is 2.61 bits per heavy atom. The Morgan fingerprint density at radius 1 is 1.21 bits per heavy atom. The Bertz CT molecular complexity index is 945. The molecule has 0 atom stereocenters. The van der Waals surface area contributed by atoms with E-state index in [1.54, 1.807) is 13.8 Å². The van der Waals surface area contributed by atoms with Crippen molar-refractivity contribution in [1.82, 2.24) is 24.7 Å². The first-order valence-electron chi connectivity index (χ1n) is 9.63. The van der Waals surface area contributed by atoms with Crippen LogP contribution >= 0.6 is 0 Å². The number of nitrogens with one attached hydrogen (secondary N) is 2. The zero-order valence-electron chi connectivity index (χ0n) is 16.4. The van der Waals surface area contributed by atoms with E-state index in [0.717, 1.165) is 48.8 Å². The molecule has 1 fully saturated rings. The van der Waals surface area contributed by atoms with Crippen LogP contribution in [0.15, 0.2) is 9.42 Å². The number of rotatable bonds is 4. The van der Waals surface area contributed by atoms with Gasteiger partial charge in [0.1, 0.15) is 22.2 Å². The van der Waals surface area contributed by atoms with Gasteiger partial charge in [-0.1, -0.05) is 5.16 Å². The molecule has 0 bridgehead atoms. The highest BCUT2D eigenvalue weighted by Crippen LogP contribution is 2.32. The highest BCUT2D eigenvalue weighted by Gasteiger charge is 2.35. The molecule has 28 heavy (non-hydrogen) atoms. The van der Waals surface area contributed by atoms with E-state index in [4.69, 9.17) is 14.5 Å². The largest absolute Gasteiger partial charge is 0.373 e. The van der Waals surface area contributed by atoms with Gasteiger partial charge in [0.25, 0.3) is 0 Å². The third-order valence-corrected chi connectivity index (χ3v) is 7.64. The van der Waals surface area contributed by atoms with Crippen molar-refractivity contribution in [3.8, 4) is 0 Å². The molecule has 2 aliphatic rings. The maximum absolute atomic E-state index is 13.2.